The minimum atomic E-state index is -1.46. The minimum absolute atomic E-state index is 0.0984. The van der Waals surface area contributed by atoms with Crippen LogP contribution >= 0.6 is 0 Å². The lowest BCUT2D eigenvalue weighted by molar-refractivity contribution is -0.107. The molecule has 20 heavy (non-hydrogen) atoms. The molecule has 2 N–H and O–H groups in total. The number of terminal acetylenes is 1. The minimum Gasteiger partial charge on any atom is -0.383 e. The van der Waals surface area contributed by atoms with Gasteiger partial charge in [-0.05, 0) is 12.8 Å². The number of nitrogens with zero attached hydrogens (tertiary/aromatic N) is 3. The zero-order chi connectivity index (χ0) is 14.9. The number of ether oxygens (including phenoxy) is 1. The molecule has 3 rings (SSSR count). The van der Waals surface area contributed by atoms with Crippen molar-refractivity contribution in [1.82, 2.24) is 9.55 Å². The van der Waals surface area contributed by atoms with E-state index in [4.69, 9.17) is 16.4 Å². The highest BCUT2D eigenvalue weighted by Crippen LogP contribution is 2.75. The first-order chi connectivity index (χ1) is 9.27. The Balaban J connectivity index is 2.13. The van der Waals surface area contributed by atoms with Gasteiger partial charge in [-0.1, -0.05) is 13.8 Å². The van der Waals surface area contributed by atoms with Gasteiger partial charge in [-0.3, -0.25) is 4.57 Å². The molecule has 6 nitrogen and oxygen atoms in total. The standard InChI is InChI=1S/C14H15N3O3/c1-5-10-9(6-15)16-7-17(10)11-14(19)12(3,4)13(14,18)8(2)20-11/h1,7-8,11,18-19H,2-4H3/t8-,11-,13+,14-/m1/s1. The van der Waals surface area contributed by atoms with Crippen LogP contribution in [0.3, 0.4) is 0 Å². The second-order valence-corrected chi connectivity index (χ2v) is 5.89. The number of rotatable bonds is 1. The van der Waals surface area contributed by atoms with Gasteiger partial charge < -0.3 is 14.9 Å². The lowest BCUT2D eigenvalue weighted by Crippen LogP contribution is -2.31. The summed E-state index contributed by atoms with van der Waals surface area (Å²) in [6, 6.07) is 1.90. The number of imidazole rings is 1. The van der Waals surface area contributed by atoms with Crippen LogP contribution in [0.1, 0.15) is 38.4 Å². The van der Waals surface area contributed by atoms with Crippen LogP contribution in [0, 0.1) is 29.1 Å². The quantitative estimate of drug-likeness (QED) is 0.711. The molecule has 1 aromatic rings. The first-order valence-electron chi connectivity index (χ1n) is 6.31. The van der Waals surface area contributed by atoms with Gasteiger partial charge in [0.1, 0.15) is 23.0 Å². The zero-order valence-corrected chi connectivity index (χ0v) is 11.5. The molecule has 2 fully saturated rings. The second-order valence-electron chi connectivity index (χ2n) is 5.89. The number of aromatic nitrogens is 2. The Labute approximate surface area is 116 Å². The molecular formula is C14H15N3O3. The molecule has 104 valence electrons. The first-order valence-corrected chi connectivity index (χ1v) is 6.31. The van der Waals surface area contributed by atoms with Crippen molar-refractivity contribution in [3.63, 3.8) is 0 Å². The lowest BCUT2D eigenvalue weighted by atomic mass is 10.0. The number of fused-ring (bicyclic) bond motifs is 1. The fourth-order valence-electron chi connectivity index (χ4n) is 3.63. The van der Waals surface area contributed by atoms with Gasteiger partial charge >= 0.3 is 0 Å². The molecule has 1 saturated carbocycles. The molecular weight excluding hydrogens is 258 g/mol. The van der Waals surface area contributed by atoms with Crippen LogP contribution in [-0.4, -0.2) is 37.1 Å². The Morgan fingerprint density at radius 2 is 2.10 bits per heavy atom. The Morgan fingerprint density at radius 3 is 2.55 bits per heavy atom. The molecule has 0 spiro atoms. The molecule has 0 aromatic carbocycles. The maximum atomic E-state index is 10.9. The van der Waals surface area contributed by atoms with Crippen molar-refractivity contribution in [2.24, 2.45) is 5.41 Å². The first kappa shape index (κ1) is 13.1. The van der Waals surface area contributed by atoms with E-state index in [0.717, 1.165) is 0 Å². The summed E-state index contributed by atoms with van der Waals surface area (Å²) in [6.45, 7) is 5.25. The maximum absolute atomic E-state index is 10.9. The predicted molar refractivity (Wildman–Crippen MR) is 68.1 cm³/mol. The third-order valence-electron chi connectivity index (χ3n) is 4.99. The Morgan fingerprint density at radius 1 is 1.45 bits per heavy atom. The van der Waals surface area contributed by atoms with Crippen molar-refractivity contribution in [2.75, 3.05) is 0 Å². The summed E-state index contributed by atoms with van der Waals surface area (Å²) in [5, 5.41) is 30.5. The second kappa shape index (κ2) is 3.42. The van der Waals surface area contributed by atoms with Crippen LogP contribution in [0.15, 0.2) is 6.33 Å². The Kier molecular flexibility index (Phi) is 2.25. The summed E-state index contributed by atoms with van der Waals surface area (Å²) in [5.41, 5.74) is -3.19. The molecule has 0 unspecified atom stereocenters. The maximum Gasteiger partial charge on any atom is 0.174 e. The molecule has 2 aliphatic rings. The molecule has 0 amide bonds. The fraction of sp³-hybridized carbons (Fsp3) is 0.571. The van der Waals surface area contributed by atoms with E-state index >= 15 is 0 Å². The summed E-state index contributed by atoms with van der Waals surface area (Å²) in [6.07, 6.45) is 5.37. The van der Waals surface area contributed by atoms with Crippen LogP contribution in [0.5, 0.6) is 0 Å². The van der Waals surface area contributed by atoms with Crippen molar-refractivity contribution < 1.29 is 14.9 Å². The highest BCUT2D eigenvalue weighted by Gasteiger charge is 2.92. The number of hydrogen-bond donors (Lipinski definition) is 2. The number of nitriles is 1. The van der Waals surface area contributed by atoms with Crippen molar-refractivity contribution >= 4 is 0 Å². The Bertz CT molecular complexity index is 681. The predicted octanol–water partition coefficient (Wildman–Crippen LogP) is 0.155. The van der Waals surface area contributed by atoms with E-state index in [1.165, 1.54) is 10.9 Å². The Hall–Kier alpha value is -1.86. The van der Waals surface area contributed by atoms with E-state index in [9.17, 15) is 10.2 Å². The molecule has 1 saturated heterocycles. The van der Waals surface area contributed by atoms with Gasteiger partial charge in [0, 0.05) is 5.41 Å². The van der Waals surface area contributed by atoms with Gasteiger partial charge in [-0.2, -0.15) is 5.26 Å². The molecule has 1 aromatic heterocycles. The van der Waals surface area contributed by atoms with Crippen LogP contribution in [0.2, 0.25) is 0 Å². The molecule has 4 atom stereocenters. The van der Waals surface area contributed by atoms with Gasteiger partial charge in [0.2, 0.25) is 0 Å². The topological polar surface area (TPSA) is 91.3 Å². The normalized spacial score (nSPS) is 40.8. The highest BCUT2D eigenvalue weighted by atomic mass is 16.6. The summed E-state index contributed by atoms with van der Waals surface area (Å²) in [7, 11) is 0. The van der Waals surface area contributed by atoms with E-state index in [-0.39, 0.29) is 11.4 Å². The van der Waals surface area contributed by atoms with Gasteiger partial charge in [0.05, 0.1) is 12.4 Å². The van der Waals surface area contributed by atoms with Crippen molar-refractivity contribution in [1.29, 1.82) is 5.26 Å². The monoisotopic (exact) mass is 273 g/mol. The summed E-state index contributed by atoms with van der Waals surface area (Å²) in [4.78, 5) is 3.92. The van der Waals surface area contributed by atoms with Crippen molar-refractivity contribution in [3.05, 3.63) is 17.7 Å². The van der Waals surface area contributed by atoms with Crippen LogP contribution < -0.4 is 0 Å². The largest absolute Gasteiger partial charge is 0.383 e. The molecule has 1 aliphatic carbocycles. The summed E-state index contributed by atoms with van der Waals surface area (Å²) in [5.74, 6) is 2.39. The number of hydrogen-bond acceptors (Lipinski definition) is 5. The fourth-order valence-corrected chi connectivity index (χ4v) is 3.63. The molecule has 0 radical (unpaired) electrons. The van der Waals surface area contributed by atoms with Crippen molar-refractivity contribution in [3.8, 4) is 18.4 Å². The smallest absolute Gasteiger partial charge is 0.174 e. The lowest BCUT2D eigenvalue weighted by Gasteiger charge is -2.26. The van der Waals surface area contributed by atoms with E-state index in [1.54, 1.807) is 20.8 Å². The zero-order valence-electron chi connectivity index (χ0n) is 11.5. The molecule has 0 bridgehead atoms. The molecule has 1 aliphatic heterocycles. The summed E-state index contributed by atoms with van der Waals surface area (Å²) >= 11 is 0. The van der Waals surface area contributed by atoms with E-state index in [1.807, 2.05) is 6.07 Å². The molecule has 6 heteroatoms. The SMILES string of the molecule is C#Cc1c(C#N)ncn1[C@@H]1O[C@H](C)[C@]2(O)C(C)(C)[C@]12O. The van der Waals surface area contributed by atoms with Gasteiger partial charge in [0.15, 0.2) is 11.9 Å². The van der Waals surface area contributed by atoms with Gasteiger partial charge in [0.25, 0.3) is 0 Å². The number of aliphatic hydroxyl groups is 2. The highest BCUT2D eigenvalue weighted by molar-refractivity contribution is 5.43. The van der Waals surface area contributed by atoms with Crippen molar-refractivity contribution in [2.45, 2.75) is 44.3 Å². The average Bonchev–Trinajstić information content (AvgIpc) is 2.79. The third-order valence-corrected chi connectivity index (χ3v) is 4.99. The third kappa shape index (κ3) is 1.02. The molecule has 2 heterocycles. The van der Waals surface area contributed by atoms with E-state index in [0.29, 0.717) is 0 Å². The van der Waals surface area contributed by atoms with Crippen LogP contribution in [0.4, 0.5) is 0 Å². The van der Waals surface area contributed by atoms with Crippen LogP contribution in [0.25, 0.3) is 0 Å². The van der Waals surface area contributed by atoms with Gasteiger partial charge in [-0.25, -0.2) is 4.98 Å². The average molecular weight is 273 g/mol. The van der Waals surface area contributed by atoms with Gasteiger partial charge in [-0.15, -0.1) is 6.42 Å². The van der Waals surface area contributed by atoms with E-state index < -0.39 is 28.9 Å². The van der Waals surface area contributed by atoms with Crippen LogP contribution in [-0.2, 0) is 4.74 Å². The van der Waals surface area contributed by atoms with E-state index in [2.05, 4.69) is 10.9 Å². The summed E-state index contributed by atoms with van der Waals surface area (Å²) < 4.78 is 7.12.